The SMILES string of the molecule is CN1CCCC1/C=C/C(=O)Nc1ccc2ncnc(Nc3ccc(OCc4ccccn4)c(Cl)c3)c2c1OCC(F)F. The molecular formula is C30H29ClF2N6O3. The first-order valence-electron chi connectivity index (χ1n) is 13.3. The third-order valence-electron chi connectivity index (χ3n) is 6.71. The van der Waals surface area contributed by atoms with Crippen molar-refractivity contribution in [3.63, 3.8) is 0 Å². The molecule has 1 saturated heterocycles. The van der Waals surface area contributed by atoms with Gasteiger partial charge in [-0.25, -0.2) is 18.7 Å². The average Bonchev–Trinajstić information content (AvgIpc) is 3.40. The van der Waals surface area contributed by atoms with Crippen molar-refractivity contribution in [2.45, 2.75) is 31.9 Å². The number of hydrogen-bond donors (Lipinski definition) is 2. The van der Waals surface area contributed by atoms with Crippen molar-refractivity contribution in [1.82, 2.24) is 19.9 Å². The molecule has 1 atom stereocenters. The molecule has 4 aromatic rings. The van der Waals surface area contributed by atoms with E-state index in [1.165, 1.54) is 12.4 Å². The van der Waals surface area contributed by atoms with Gasteiger partial charge in [0.15, 0.2) is 5.75 Å². The standard InChI is InChI=1S/C30H29ClF2N6O3/c1-39-14-4-6-21(39)8-12-27(40)38-24-10-9-23-28(29(24)42-17-26(32)33)30(36-18-35-23)37-19-7-11-25(22(31)15-19)41-16-20-5-2-3-13-34-20/h2-3,5,7-13,15,18,21,26H,4,6,14,16-17H2,1H3,(H,38,40)(H,35,36,37)/b12-8+. The number of halogens is 3. The van der Waals surface area contributed by atoms with Crippen molar-refractivity contribution in [3.8, 4) is 11.5 Å². The van der Waals surface area contributed by atoms with Gasteiger partial charge in [0.25, 0.3) is 6.43 Å². The molecule has 2 aromatic heterocycles. The highest BCUT2D eigenvalue weighted by atomic mass is 35.5. The van der Waals surface area contributed by atoms with Crippen LogP contribution in [0.3, 0.4) is 0 Å². The molecule has 218 valence electrons. The van der Waals surface area contributed by atoms with Gasteiger partial charge in [0, 0.05) is 24.0 Å². The fraction of sp³-hybridized carbons (Fsp3) is 0.267. The predicted octanol–water partition coefficient (Wildman–Crippen LogP) is 6.23. The Labute approximate surface area is 246 Å². The van der Waals surface area contributed by atoms with E-state index in [2.05, 4.69) is 30.5 Å². The highest BCUT2D eigenvalue weighted by Gasteiger charge is 2.20. The summed E-state index contributed by atoms with van der Waals surface area (Å²) in [5.74, 6) is 0.359. The zero-order valence-electron chi connectivity index (χ0n) is 22.8. The van der Waals surface area contributed by atoms with E-state index in [4.69, 9.17) is 21.1 Å². The lowest BCUT2D eigenvalue weighted by atomic mass is 10.1. The largest absolute Gasteiger partial charge is 0.486 e. The summed E-state index contributed by atoms with van der Waals surface area (Å²) >= 11 is 6.48. The maximum Gasteiger partial charge on any atom is 0.272 e. The van der Waals surface area contributed by atoms with Crippen LogP contribution in [0.4, 0.5) is 26.0 Å². The first kappa shape index (κ1) is 29.2. The third kappa shape index (κ3) is 7.29. The molecule has 1 aliphatic heterocycles. The summed E-state index contributed by atoms with van der Waals surface area (Å²) in [5, 5.41) is 6.59. The number of rotatable bonds is 11. The number of likely N-dealkylation sites (N-methyl/N-ethyl adjacent to an activating group) is 1. The summed E-state index contributed by atoms with van der Waals surface area (Å²) in [4.78, 5) is 27.8. The minimum absolute atomic E-state index is 0.0250. The lowest BCUT2D eigenvalue weighted by Crippen LogP contribution is -2.23. The number of nitrogens with one attached hydrogen (secondary N) is 2. The lowest BCUT2D eigenvalue weighted by Gasteiger charge is -2.17. The summed E-state index contributed by atoms with van der Waals surface area (Å²) in [6.07, 6.45) is 5.60. The fourth-order valence-corrected chi connectivity index (χ4v) is 4.87. The van der Waals surface area contributed by atoms with Gasteiger partial charge in [-0.3, -0.25) is 14.7 Å². The van der Waals surface area contributed by atoms with Crippen LogP contribution < -0.4 is 20.1 Å². The Morgan fingerprint density at radius 2 is 2.05 bits per heavy atom. The second-order valence-electron chi connectivity index (χ2n) is 9.68. The number of fused-ring (bicyclic) bond motifs is 1. The monoisotopic (exact) mass is 594 g/mol. The van der Waals surface area contributed by atoms with E-state index in [9.17, 15) is 13.6 Å². The molecule has 2 aromatic carbocycles. The summed E-state index contributed by atoms with van der Waals surface area (Å²) in [5.41, 5.74) is 1.96. The number of aromatic nitrogens is 3. The Hall–Kier alpha value is -4.35. The van der Waals surface area contributed by atoms with Crippen LogP contribution in [-0.2, 0) is 11.4 Å². The number of amides is 1. The van der Waals surface area contributed by atoms with Gasteiger partial charge in [-0.05, 0) is 68.9 Å². The maximum atomic E-state index is 13.2. The minimum atomic E-state index is -2.74. The van der Waals surface area contributed by atoms with Crippen molar-refractivity contribution < 1.29 is 23.0 Å². The molecule has 0 radical (unpaired) electrons. The molecular weight excluding hydrogens is 566 g/mol. The number of nitrogens with zero attached hydrogens (tertiary/aromatic N) is 4. The number of ether oxygens (including phenoxy) is 2. The van der Waals surface area contributed by atoms with Crippen LogP contribution >= 0.6 is 11.6 Å². The Kier molecular flexibility index (Phi) is 9.40. The normalized spacial score (nSPS) is 15.4. The molecule has 0 saturated carbocycles. The van der Waals surface area contributed by atoms with Crippen LogP contribution in [0.2, 0.25) is 5.02 Å². The molecule has 1 unspecified atom stereocenters. The summed E-state index contributed by atoms with van der Waals surface area (Å²) in [6, 6.07) is 14.0. The topological polar surface area (TPSA) is 102 Å². The number of carbonyl (C=O) groups is 1. The van der Waals surface area contributed by atoms with Gasteiger partial charge in [0.1, 0.15) is 31.1 Å². The number of likely N-dealkylation sites (tertiary alicyclic amines) is 1. The Morgan fingerprint density at radius 3 is 2.79 bits per heavy atom. The molecule has 0 bridgehead atoms. The van der Waals surface area contributed by atoms with Crippen LogP contribution in [0.5, 0.6) is 11.5 Å². The smallest absolute Gasteiger partial charge is 0.272 e. The van der Waals surface area contributed by atoms with Gasteiger partial charge in [-0.1, -0.05) is 23.7 Å². The van der Waals surface area contributed by atoms with E-state index >= 15 is 0 Å². The van der Waals surface area contributed by atoms with E-state index < -0.39 is 18.9 Å². The first-order chi connectivity index (χ1) is 20.4. The van der Waals surface area contributed by atoms with E-state index in [-0.39, 0.29) is 29.9 Å². The highest BCUT2D eigenvalue weighted by molar-refractivity contribution is 6.32. The second kappa shape index (κ2) is 13.5. The Bertz CT molecular complexity index is 1570. The van der Waals surface area contributed by atoms with Crippen LogP contribution in [0.25, 0.3) is 10.9 Å². The number of anilines is 3. The van der Waals surface area contributed by atoms with E-state index in [1.54, 1.807) is 36.5 Å². The van der Waals surface area contributed by atoms with Gasteiger partial charge in [-0.2, -0.15) is 0 Å². The molecule has 3 heterocycles. The molecule has 1 aliphatic rings. The van der Waals surface area contributed by atoms with Crippen molar-refractivity contribution in [3.05, 3.63) is 83.9 Å². The van der Waals surface area contributed by atoms with Crippen molar-refractivity contribution in [2.75, 3.05) is 30.8 Å². The molecule has 12 heteroatoms. The summed E-state index contributed by atoms with van der Waals surface area (Å²) in [6.45, 7) is 0.331. The molecule has 5 rings (SSSR count). The predicted molar refractivity (Wildman–Crippen MR) is 158 cm³/mol. The fourth-order valence-electron chi connectivity index (χ4n) is 4.63. The zero-order valence-corrected chi connectivity index (χ0v) is 23.5. The van der Waals surface area contributed by atoms with Gasteiger partial charge in [0.05, 0.1) is 27.3 Å². The van der Waals surface area contributed by atoms with E-state index in [1.807, 2.05) is 31.3 Å². The summed E-state index contributed by atoms with van der Waals surface area (Å²) in [7, 11) is 2.00. The molecule has 1 amide bonds. The zero-order chi connectivity index (χ0) is 29.5. The lowest BCUT2D eigenvalue weighted by molar-refractivity contribution is -0.112. The number of benzene rings is 2. The second-order valence-corrected chi connectivity index (χ2v) is 10.1. The van der Waals surface area contributed by atoms with Gasteiger partial charge in [0.2, 0.25) is 5.91 Å². The molecule has 0 aliphatic carbocycles. The van der Waals surface area contributed by atoms with Crippen molar-refractivity contribution in [2.24, 2.45) is 0 Å². The highest BCUT2D eigenvalue weighted by Crippen LogP contribution is 2.39. The van der Waals surface area contributed by atoms with Crippen molar-refractivity contribution >= 4 is 45.6 Å². The first-order valence-corrected chi connectivity index (χ1v) is 13.7. The Morgan fingerprint density at radius 1 is 1.17 bits per heavy atom. The van der Waals surface area contributed by atoms with E-state index in [0.717, 1.165) is 25.1 Å². The number of alkyl halides is 2. The van der Waals surface area contributed by atoms with Gasteiger partial charge < -0.3 is 20.1 Å². The average molecular weight is 595 g/mol. The molecule has 2 N–H and O–H groups in total. The Balaban J connectivity index is 1.40. The third-order valence-corrected chi connectivity index (χ3v) is 7.01. The summed E-state index contributed by atoms with van der Waals surface area (Å²) < 4.78 is 37.8. The minimum Gasteiger partial charge on any atom is -0.486 e. The van der Waals surface area contributed by atoms with Gasteiger partial charge >= 0.3 is 0 Å². The van der Waals surface area contributed by atoms with Gasteiger partial charge in [-0.15, -0.1) is 0 Å². The molecule has 9 nitrogen and oxygen atoms in total. The number of hydrogen-bond acceptors (Lipinski definition) is 8. The maximum absolute atomic E-state index is 13.2. The van der Waals surface area contributed by atoms with Crippen LogP contribution in [0.15, 0.2) is 73.2 Å². The van der Waals surface area contributed by atoms with Crippen molar-refractivity contribution in [1.29, 1.82) is 0 Å². The quantitative estimate of drug-likeness (QED) is 0.197. The van der Waals surface area contributed by atoms with Crippen LogP contribution in [0, 0.1) is 0 Å². The molecule has 1 fully saturated rings. The number of carbonyl (C=O) groups excluding carboxylic acids is 1. The van der Waals surface area contributed by atoms with Crippen LogP contribution in [0.1, 0.15) is 18.5 Å². The van der Waals surface area contributed by atoms with E-state index in [0.29, 0.717) is 27.4 Å². The van der Waals surface area contributed by atoms with Crippen LogP contribution in [-0.4, -0.2) is 58.4 Å². The number of pyridine rings is 1. The molecule has 0 spiro atoms. The molecule has 42 heavy (non-hydrogen) atoms.